The lowest BCUT2D eigenvalue weighted by Gasteiger charge is -2.11. The summed E-state index contributed by atoms with van der Waals surface area (Å²) in [6.07, 6.45) is 3.03. The molecule has 0 fully saturated rings. The SMILES string of the molecule is CCCCNC(=O)c1ccc(NC(=O)CNc2cccc(NC(=O)CCc3ccccc3)c2)cc1. The van der Waals surface area contributed by atoms with Gasteiger partial charge < -0.3 is 21.3 Å². The van der Waals surface area contributed by atoms with Crippen LogP contribution in [0.15, 0.2) is 78.9 Å². The molecule has 0 radical (unpaired) electrons. The molecular weight excluding hydrogens is 440 g/mol. The molecule has 0 unspecified atom stereocenters. The highest BCUT2D eigenvalue weighted by Gasteiger charge is 2.08. The Balaban J connectivity index is 1.43. The zero-order valence-corrected chi connectivity index (χ0v) is 20.0. The van der Waals surface area contributed by atoms with Gasteiger partial charge >= 0.3 is 0 Å². The van der Waals surface area contributed by atoms with Crippen LogP contribution in [0.1, 0.15) is 42.1 Å². The summed E-state index contributed by atoms with van der Waals surface area (Å²) in [5.41, 5.74) is 3.68. The predicted molar refractivity (Wildman–Crippen MR) is 141 cm³/mol. The third kappa shape index (κ3) is 8.97. The van der Waals surface area contributed by atoms with Crippen LogP contribution in [0, 0.1) is 0 Å². The monoisotopic (exact) mass is 472 g/mol. The smallest absolute Gasteiger partial charge is 0.251 e. The number of carbonyl (C=O) groups is 3. The van der Waals surface area contributed by atoms with Crippen LogP contribution in [-0.4, -0.2) is 30.8 Å². The Hall–Kier alpha value is -4.13. The number of carbonyl (C=O) groups excluding carboxylic acids is 3. The van der Waals surface area contributed by atoms with Crippen molar-refractivity contribution in [3.05, 3.63) is 90.0 Å². The van der Waals surface area contributed by atoms with E-state index in [1.54, 1.807) is 30.3 Å². The largest absolute Gasteiger partial charge is 0.376 e. The number of amides is 3. The van der Waals surface area contributed by atoms with Crippen molar-refractivity contribution in [3.63, 3.8) is 0 Å². The Morgan fingerprint density at radius 1 is 0.743 bits per heavy atom. The summed E-state index contributed by atoms with van der Waals surface area (Å²) in [6, 6.07) is 23.9. The van der Waals surface area contributed by atoms with Crippen molar-refractivity contribution in [1.29, 1.82) is 0 Å². The summed E-state index contributed by atoms with van der Waals surface area (Å²) in [4.78, 5) is 36.7. The van der Waals surface area contributed by atoms with Crippen molar-refractivity contribution in [1.82, 2.24) is 5.32 Å². The van der Waals surface area contributed by atoms with Gasteiger partial charge in [0.05, 0.1) is 6.54 Å². The number of rotatable bonds is 12. The highest BCUT2D eigenvalue weighted by molar-refractivity contribution is 5.97. The summed E-state index contributed by atoms with van der Waals surface area (Å²) in [5.74, 6) is -0.404. The molecule has 0 saturated carbocycles. The van der Waals surface area contributed by atoms with Crippen LogP contribution in [-0.2, 0) is 16.0 Å². The second kappa shape index (κ2) is 13.5. The number of hydrogen-bond acceptors (Lipinski definition) is 4. The van der Waals surface area contributed by atoms with Crippen molar-refractivity contribution < 1.29 is 14.4 Å². The van der Waals surface area contributed by atoms with Crippen molar-refractivity contribution in [2.75, 3.05) is 29.0 Å². The molecule has 0 spiro atoms. The van der Waals surface area contributed by atoms with Gasteiger partial charge in [-0.1, -0.05) is 49.7 Å². The van der Waals surface area contributed by atoms with Gasteiger partial charge in [-0.05, 0) is 60.9 Å². The van der Waals surface area contributed by atoms with Gasteiger partial charge in [0.1, 0.15) is 0 Å². The number of unbranched alkanes of at least 4 members (excludes halogenated alkanes) is 1. The van der Waals surface area contributed by atoms with Crippen LogP contribution in [0.4, 0.5) is 17.1 Å². The standard InChI is InChI=1S/C28H32N4O3/c1-2-3-18-29-28(35)22-13-15-23(16-14-22)31-27(34)20-30-24-10-7-11-25(19-24)32-26(33)17-12-21-8-5-4-6-9-21/h4-11,13-16,19,30H,2-3,12,17-18,20H2,1H3,(H,29,35)(H,31,34)(H,32,33). The highest BCUT2D eigenvalue weighted by Crippen LogP contribution is 2.16. The molecule has 3 aromatic carbocycles. The van der Waals surface area contributed by atoms with Crippen LogP contribution >= 0.6 is 0 Å². The molecule has 0 saturated heterocycles. The average molecular weight is 473 g/mol. The lowest BCUT2D eigenvalue weighted by atomic mass is 10.1. The van der Waals surface area contributed by atoms with E-state index in [2.05, 4.69) is 28.2 Å². The number of hydrogen-bond donors (Lipinski definition) is 4. The van der Waals surface area contributed by atoms with E-state index in [1.165, 1.54) is 0 Å². The maximum Gasteiger partial charge on any atom is 0.251 e. The lowest BCUT2D eigenvalue weighted by Crippen LogP contribution is -2.24. The van der Waals surface area contributed by atoms with Crippen molar-refractivity contribution in [2.24, 2.45) is 0 Å². The van der Waals surface area contributed by atoms with E-state index in [0.29, 0.717) is 36.3 Å². The Labute approximate surface area is 206 Å². The Kier molecular flexibility index (Phi) is 9.87. The Morgan fingerprint density at radius 2 is 1.46 bits per heavy atom. The van der Waals surface area contributed by atoms with Gasteiger partial charge in [-0.25, -0.2) is 0 Å². The third-order valence-corrected chi connectivity index (χ3v) is 5.33. The molecule has 35 heavy (non-hydrogen) atoms. The van der Waals surface area contributed by atoms with Crippen LogP contribution in [0.2, 0.25) is 0 Å². The van der Waals surface area contributed by atoms with Gasteiger partial charge in [-0.2, -0.15) is 0 Å². The number of nitrogens with one attached hydrogen (secondary N) is 4. The Bertz CT molecular complexity index is 1110. The highest BCUT2D eigenvalue weighted by atomic mass is 16.2. The fourth-order valence-corrected chi connectivity index (χ4v) is 3.41. The topological polar surface area (TPSA) is 99.3 Å². The predicted octanol–water partition coefficient (Wildman–Crippen LogP) is 4.84. The van der Waals surface area contributed by atoms with E-state index in [1.807, 2.05) is 48.5 Å². The first-order valence-corrected chi connectivity index (χ1v) is 11.9. The van der Waals surface area contributed by atoms with Crippen LogP contribution < -0.4 is 21.3 Å². The molecule has 7 heteroatoms. The fourth-order valence-electron chi connectivity index (χ4n) is 3.41. The van der Waals surface area contributed by atoms with Crippen LogP contribution in [0.25, 0.3) is 0 Å². The average Bonchev–Trinajstić information content (AvgIpc) is 2.88. The molecule has 0 heterocycles. The molecule has 0 aliphatic rings. The van der Waals surface area contributed by atoms with E-state index in [4.69, 9.17) is 0 Å². The second-order valence-electron chi connectivity index (χ2n) is 8.20. The van der Waals surface area contributed by atoms with Gasteiger partial charge in [0, 0.05) is 35.6 Å². The molecule has 7 nitrogen and oxygen atoms in total. The molecule has 3 aromatic rings. The fraction of sp³-hybridized carbons (Fsp3) is 0.250. The minimum atomic E-state index is -0.220. The molecule has 4 N–H and O–H groups in total. The molecule has 3 amide bonds. The maximum absolute atomic E-state index is 12.3. The summed E-state index contributed by atoms with van der Waals surface area (Å²) in [5, 5.41) is 11.6. The molecule has 182 valence electrons. The van der Waals surface area contributed by atoms with Gasteiger partial charge in [0.2, 0.25) is 11.8 Å². The van der Waals surface area contributed by atoms with E-state index < -0.39 is 0 Å². The van der Waals surface area contributed by atoms with Gasteiger partial charge in [0.15, 0.2) is 0 Å². The minimum Gasteiger partial charge on any atom is -0.376 e. The van der Waals surface area contributed by atoms with Gasteiger partial charge in [-0.15, -0.1) is 0 Å². The summed E-state index contributed by atoms with van der Waals surface area (Å²) in [6.45, 7) is 2.78. The van der Waals surface area contributed by atoms with Crippen LogP contribution in [0.3, 0.4) is 0 Å². The van der Waals surface area contributed by atoms with Gasteiger partial charge in [0.25, 0.3) is 5.91 Å². The quantitative estimate of drug-likeness (QED) is 0.284. The molecule has 0 bridgehead atoms. The van der Waals surface area contributed by atoms with E-state index in [9.17, 15) is 14.4 Å². The molecule has 0 aliphatic heterocycles. The van der Waals surface area contributed by atoms with Crippen molar-refractivity contribution >= 4 is 34.8 Å². The molecule has 0 aromatic heterocycles. The third-order valence-electron chi connectivity index (χ3n) is 5.33. The van der Waals surface area contributed by atoms with Crippen molar-refractivity contribution in [3.8, 4) is 0 Å². The molecular formula is C28H32N4O3. The molecule has 0 atom stereocenters. The lowest BCUT2D eigenvalue weighted by molar-refractivity contribution is -0.116. The summed E-state index contributed by atoms with van der Waals surface area (Å²) >= 11 is 0. The first kappa shape index (κ1) is 25.5. The zero-order chi connectivity index (χ0) is 24.9. The number of aryl methyl sites for hydroxylation is 1. The van der Waals surface area contributed by atoms with E-state index in [0.717, 1.165) is 24.1 Å². The minimum absolute atomic E-state index is 0.0602. The van der Waals surface area contributed by atoms with E-state index in [-0.39, 0.29) is 24.3 Å². The first-order valence-electron chi connectivity index (χ1n) is 11.9. The number of anilines is 3. The van der Waals surface area contributed by atoms with Crippen molar-refractivity contribution in [2.45, 2.75) is 32.6 Å². The molecule has 3 rings (SSSR count). The zero-order valence-electron chi connectivity index (χ0n) is 20.0. The van der Waals surface area contributed by atoms with E-state index >= 15 is 0 Å². The number of benzene rings is 3. The van der Waals surface area contributed by atoms with Crippen LogP contribution in [0.5, 0.6) is 0 Å². The second-order valence-corrected chi connectivity index (χ2v) is 8.20. The summed E-state index contributed by atoms with van der Waals surface area (Å²) < 4.78 is 0. The molecule has 0 aliphatic carbocycles. The summed E-state index contributed by atoms with van der Waals surface area (Å²) in [7, 11) is 0. The maximum atomic E-state index is 12.3. The normalized spacial score (nSPS) is 10.3. The Morgan fingerprint density at radius 3 is 2.20 bits per heavy atom. The first-order chi connectivity index (χ1) is 17.0. The van der Waals surface area contributed by atoms with Gasteiger partial charge in [-0.3, -0.25) is 14.4 Å².